The second kappa shape index (κ2) is 6.05. The fourth-order valence-electron chi connectivity index (χ4n) is 2.31. The molecular formula is C16H12BFN2O3S. The van der Waals surface area contributed by atoms with Gasteiger partial charge in [-0.05, 0) is 30.3 Å². The van der Waals surface area contributed by atoms with Crippen LogP contribution < -0.4 is 0 Å². The predicted octanol–water partition coefficient (Wildman–Crippen LogP) is 1.70. The van der Waals surface area contributed by atoms with Gasteiger partial charge in [-0.3, -0.25) is 4.98 Å². The van der Waals surface area contributed by atoms with Crippen LogP contribution in [0.3, 0.4) is 0 Å². The van der Waals surface area contributed by atoms with Crippen molar-refractivity contribution in [3.05, 3.63) is 72.4 Å². The normalized spacial score (nSPS) is 11.4. The molecule has 0 amide bonds. The zero-order chi connectivity index (χ0) is 17.3. The van der Waals surface area contributed by atoms with Gasteiger partial charge in [0.2, 0.25) is 0 Å². The Kier molecular flexibility index (Phi) is 4.07. The average Bonchev–Trinajstić information content (AvgIpc) is 3.02. The van der Waals surface area contributed by atoms with E-state index in [1.54, 1.807) is 6.07 Å². The van der Waals surface area contributed by atoms with E-state index in [-0.39, 0.29) is 27.4 Å². The molecule has 2 heterocycles. The number of benzene rings is 1. The third-order valence-electron chi connectivity index (χ3n) is 3.53. The number of pyridine rings is 1. The van der Waals surface area contributed by atoms with Crippen LogP contribution in [0.1, 0.15) is 10.4 Å². The number of aromatic nitrogens is 2. The van der Waals surface area contributed by atoms with E-state index in [0.717, 1.165) is 3.97 Å². The molecule has 3 aromatic rings. The van der Waals surface area contributed by atoms with Gasteiger partial charge in [0, 0.05) is 29.7 Å². The minimum atomic E-state index is -4.01. The number of carbonyl (C=O) groups excluding carboxylic acids is 1. The lowest BCUT2D eigenvalue weighted by Crippen LogP contribution is -2.14. The lowest BCUT2D eigenvalue weighted by molar-refractivity contribution is 0.108. The highest BCUT2D eigenvalue weighted by atomic mass is 32.2. The molecule has 0 fully saturated rings. The summed E-state index contributed by atoms with van der Waals surface area (Å²) in [7, 11) is -2.69. The smallest absolute Gasteiger partial charge is 0.269 e. The van der Waals surface area contributed by atoms with Crippen molar-refractivity contribution in [3.63, 3.8) is 0 Å². The Morgan fingerprint density at radius 2 is 1.92 bits per heavy atom. The van der Waals surface area contributed by atoms with Gasteiger partial charge in [-0.25, -0.2) is 16.8 Å². The van der Waals surface area contributed by atoms with E-state index in [0.29, 0.717) is 0 Å². The monoisotopic (exact) mass is 342 g/mol. The number of hydrogen-bond donors (Lipinski definition) is 0. The first-order chi connectivity index (χ1) is 11.4. The molecule has 0 atom stereocenters. The third-order valence-corrected chi connectivity index (χ3v) is 5.19. The number of hydrogen-bond acceptors (Lipinski definition) is 4. The van der Waals surface area contributed by atoms with Crippen LogP contribution in [0, 0.1) is 5.82 Å². The topological polar surface area (TPSA) is 69.0 Å². The van der Waals surface area contributed by atoms with Crippen molar-refractivity contribution in [2.24, 2.45) is 0 Å². The maximum atomic E-state index is 14.2. The molecule has 0 radical (unpaired) electrons. The van der Waals surface area contributed by atoms with E-state index in [4.69, 9.17) is 0 Å². The minimum absolute atomic E-state index is 0.0479. The summed E-state index contributed by atoms with van der Waals surface area (Å²) in [5, 5.41) is 0. The Morgan fingerprint density at radius 3 is 2.54 bits per heavy atom. The summed E-state index contributed by atoms with van der Waals surface area (Å²) in [6, 6.07) is 10.1. The summed E-state index contributed by atoms with van der Waals surface area (Å²) in [5.41, 5.74) is 0.0491. The molecule has 0 aliphatic heterocycles. The Hall–Kier alpha value is -2.74. The number of carbonyl (C=O) groups is 1. The molecule has 120 valence electrons. The van der Waals surface area contributed by atoms with E-state index >= 15 is 0 Å². The Morgan fingerprint density at radius 1 is 1.17 bits per heavy atom. The molecule has 0 aliphatic rings. The maximum absolute atomic E-state index is 14.2. The van der Waals surface area contributed by atoms with Crippen molar-refractivity contribution in [2.75, 3.05) is 0 Å². The van der Waals surface area contributed by atoms with Crippen LogP contribution >= 0.6 is 0 Å². The minimum Gasteiger partial charge on any atom is -0.307 e. The van der Waals surface area contributed by atoms with E-state index in [1.807, 2.05) is 0 Å². The van der Waals surface area contributed by atoms with Crippen LogP contribution in [0.5, 0.6) is 0 Å². The second-order valence-electron chi connectivity index (χ2n) is 5.14. The van der Waals surface area contributed by atoms with Crippen molar-refractivity contribution >= 4 is 23.6 Å². The molecule has 0 saturated carbocycles. The maximum Gasteiger partial charge on any atom is 0.269 e. The molecule has 3 rings (SSSR count). The van der Waals surface area contributed by atoms with E-state index in [2.05, 4.69) is 4.98 Å². The molecule has 0 bridgehead atoms. The standard InChI is InChI=1S/C16H12BFN2O3S/c17-16(21)11-8-15(13-5-1-2-6-14(13)18)20(10-11)24(22,23)12-4-3-7-19-9-12/h1-10H,17H2. The molecule has 8 heteroatoms. The van der Waals surface area contributed by atoms with Crippen molar-refractivity contribution in [2.45, 2.75) is 4.90 Å². The fourth-order valence-corrected chi connectivity index (χ4v) is 3.65. The Bertz CT molecular complexity index is 1020. The molecule has 5 nitrogen and oxygen atoms in total. The first-order valence-electron chi connectivity index (χ1n) is 7.05. The first kappa shape index (κ1) is 16.1. The van der Waals surface area contributed by atoms with Gasteiger partial charge in [-0.2, -0.15) is 0 Å². The van der Waals surface area contributed by atoms with Crippen LogP contribution in [0.2, 0.25) is 0 Å². The van der Waals surface area contributed by atoms with E-state index in [9.17, 15) is 17.6 Å². The molecule has 24 heavy (non-hydrogen) atoms. The zero-order valence-corrected chi connectivity index (χ0v) is 13.5. The lowest BCUT2D eigenvalue weighted by atomic mass is 9.96. The van der Waals surface area contributed by atoms with E-state index in [1.165, 1.54) is 62.8 Å². The van der Waals surface area contributed by atoms with Gasteiger partial charge in [0.1, 0.15) is 16.4 Å². The highest BCUT2D eigenvalue weighted by molar-refractivity contribution is 7.90. The summed E-state index contributed by atoms with van der Waals surface area (Å²) in [6.45, 7) is 0. The van der Waals surface area contributed by atoms with Gasteiger partial charge in [-0.15, -0.1) is 0 Å². The van der Waals surface area contributed by atoms with Gasteiger partial charge in [0.25, 0.3) is 10.0 Å². The number of rotatable bonds is 4. The van der Waals surface area contributed by atoms with Gasteiger partial charge in [0.05, 0.1) is 5.69 Å². The second-order valence-corrected chi connectivity index (χ2v) is 6.95. The Balaban J connectivity index is 2.29. The lowest BCUT2D eigenvalue weighted by Gasteiger charge is -2.10. The molecule has 0 saturated heterocycles. The van der Waals surface area contributed by atoms with E-state index < -0.39 is 15.8 Å². The van der Waals surface area contributed by atoms with Crippen molar-refractivity contribution in [3.8, 4) is 11.3 Å². The molecule has 0 N–H and O–H groups in total. The molecule has 0 unspecified atom stereocenters. The highest BCUT2D eigenvalue weighted by Crippen LogP contribution is 2.28. The van der Waals surface area contributed by atoms with Crippen molar-refractivity contribution in [1.82, 2.24) is 8.96 Å². The Labute approximate surface area is 139 Å². The number of nitrogens with zero attached hydrogens (tertiary/aromatic N) is 2. The van der Waals surface area contributed by atoms with Crippen molar-refractivity contribution in [1.29, 1.82) is 0 Å². The van der Waals surface area contributed by atoms with Gasteiger partial charge < -0.3 is 4.79 Å². The largest absolute Gasteiger partial charge is 0.307 e. The zero-order valence-electron chi connectivity index (χ0n) is 12.7. The van der Waals surface area contributed by atoms with Gasteiger partial charge in [-0.1, -0.05) is 12.1 Å². The summed E-state index contributed by atoms with van der Waals surface area (Å²) in [4.78, 5) is 15.4. The van der Waals surface area contributed by atoms with Crippen molar-refractivity contribution < 1.29 is 17.6 Å². The molecule has 0 spiro atoms. The summed E-state index contributed by atoms with van der Waals surface area (Å²) in [5.74, 6) is -0.576. The first-order valence-corrected chi connectivity index (χ1v) is 8.49. The van der Waals surface area contributed by atoms with Gasteiger partial charge >= 0.3 is 0 Å². The third kappa shape index (κ3) is 2.76. The molecular weight excluding hydrogens is 330 g/mol. The number of halogens is 1. The van der Waals surface area contributed by atoms with Crippen LogP contribution in [-0.4, -0.2) is 30.9 Å². The predicted molar refractivity (Wildman–Crippen MR) is 89.5 cm³/mol. The van der Waals surface area contributed by atoms with Crippen LogP contribution in [0.25, 0.3) is 11.3 Å². The van der Waals surface area contributed by atoms with Crippen LogP contribution in [0.4, 0.5) is 4.39 Å². The molecule has 1 aromatic carbocycles. The van der Waals surface area contributed by atoms with Crippen LogP contribution in [0.15, 0.2) is 66.0 Å². The summed E-state index contributed by atoms with van der Waals surface area (Å²) >= 11 is 0. The van der Waals surface area contributed by atoms with Crippen LogP contribution in [-0.2, 0) is 10.0 Å². The highest BCUT2D eigenvalue weighted by Gasteiger charge is 2.24. The summed E-state index contributed by atoms with van der Waals surface area (Å²) < 4.78 is 40.8. The fraction of sp³-hybridized carbons (Fsp3) is 0. The molecule has 0 aliphatic carbocycles. The quantitative estimate of drug-likeness (QED) is 0.677. The molecule has 2 aromatic heterocycles. The average molecular weight is 342 g/mol. The SMILES string of the molecule is BC(=O)c1cc(-c2ccccc2F)n(S(=O)(=O)c2cccnc2)c1. The summed E-state index contributed by atoms with van der Waals surface area (Å²) in [6.07, 6.45) is 3.85. The van der Waals surface area contributed by atoms with Gasteiger partial charge in [0.15, 0.2) is 7.85 Å².